The molecule has 1 aliphatic carbocycles. The molecule has 0 saturated heterocycles. The Hall–Kier alpha value is -1.73. The molecule has 4 atom stereocenters. The van der Waals surface area contributed by atoms with Crippen molar-refractivity contribution in [2.45, 2.75) is 51.0 Å². The predicted molar refractivity (Wildman–Crippen MR) is 91.4 cm³/mol. The van der Waals surface area contributed by atoms with Crippen molar-refractivity contribution in [3.63, 3.8) is 0 Å². The Morgan fingerprint density at radius 1 is 1.04 bits per heavy atom. The van der Waals surface area contributed by atoms with E-state index in [1.54, 1.807) is 6.21 Å². The first kappa shape index (κ1) is 18.6. The van der Waals surface area contributed by atoms with Gasteiger partial charge in [0.25, 0.3) is 0 Å². The molecule has 24 heavy (non-hydrogen) atoms. The van der Waals surface area contributed by atoms with Crippen molar-refractivity contribution >= 4 is 6.21 Å². The summed E-state index contributed by atoms with van der Waals surface area (Å²) >= 11 is 0. The molecule has 0 bridgehead atoms. The highest BCUT2D eigenvalue weighted by atomic mass is 16.4. The molecule has 0 amide bonds. The Labute approximate surface area is 141 Å². The highest BCUT2D eigenvalue weighted by Crippen LogP contribution is 2.26. The molecule has 6 heteroatoms. The van der Waals surface area contributed by atoms with Gasteiger partial charge in [-0.15, -0.1) is 0 Å². The molecule has 5 N–H and O–H groups in total. The molecule has 0 aromatic heterocycles. The van der Waals surface area contributed by atoms with Gasteiger partial charge in [0.05, 0.1) is 12.6 Å². The number of benzene rings is 1. The smallest absolute Gasteiger partial charge is 0.121 e. The lowest BCUT2D eigenvalue weighted by Crippen LogP contribution is -2.48. The molecule has 1 aromatic rings. The molecule has 0 aliphatic heterocycles. The lowest BCUT2D eigenvalue weighted by molar-refractivity contribution is -0.0592. The lowest BCUT2D eigenvalue weighted by atomic mass is 9.88. The second-order valence-corrected chi connectivity index (χ2v) is 5.99. The highest BCUT2D eigenvalue weighted by Gasteiger charge is 2.36. The Morgan fingerprint density at radius 2 is 1.62 bits per heavy atom. The molecule has 0 heterocycles. The van der Waals surface area contributed by atoms with E-state index in [0.29, 0.717) is 18.6 Å². The van der Waals surface area contributed by atoms with Gasteiger partial charge < -0.3 is 25.5 Å². The largest absolute Gasteiger partial charge is 0.507 e. The van der Waals surface area contributed by atoms with Gasteiger partial charge in [0.1, 0.15) is 24.1 Å². The molecular formula is C18H25NO5. The monoisotopic (exact) mass is 335 g/mol. The maximum absolute atomic E-state index is 10.1. The number of aliphatic hydroxyl groups is 4. The fraction of sp³-hybridized carbons (Fsp3) is 0.500. The van der Waals surface area contributed by atoms with E-state index in [-0.39, 0.29) is 5.57 Å². The van der Waals surface area contributed by atoms with Gasteiger partial charge in [-0.2, -0.15) is 0 Å². The summed E-state index contributed by atoms with van der Waals surface area (Å²) in [5.74, 6) is 0.302. The van der Waals surface area contributed by atoms with Gasteiger partial charge in [-0.05, 0) is 47.2 Å². The third-order valence-corrected chi connectivity index (χ3v) is 4.42. The highest BCUT2D eigenvalue weighted by molar-refractivity contribution is 5.81. The normalized spacial score (nSPS) is 27.5. The lowest BCUT2D eigenvalue weighted by Gasteiger charge is -2.32. The molecular weight excluding hydrogens is 310 g/mol. The van der Waals surface area contributed by atoms with Gasteiger partial charge in [0, 0.05) is 6.21 Å². The van der Waals surface area contributed by atoms with Crippen LogP contribution in [0.4, 0.5) is 0 Å². The van der Waals surface area contributed by atoms with E-state index >= 15 is 0 Å². The fourth-order valence-electron chi connectivity index (χ4n) is 2.87. The summed E-state index contributed by atoms with van der Waals surface area (Å²) in [5.41, 5.74) is 2.67. The van der Waals surface area contributed by atoms with Crippen LogP contribution in [0.25, 0.3) is 0 Å². The number of aryl methyl sites for hydroxylation is 2. The number of phenols is 1. The molecule has 132 valence electrons. The van der Waals surface area contributed by atoms with Crippen LogP contribution in [0.1, 0.15) is 30.5 Å². The van der Waals surface area contributed by atoms with Crippen molar-refractivity contribution in [2.75, 3.05) is 6.61 Å². The number of rotatable bonds is 5. The maximum atomic E-state index is 10.1. The summed E-state index contributed by atoms with van der Waals surface area (Å²) < 4.78 is 0. The standard InChI is InChI=1S/C18H25NO5/c1-3-11-5-10(6-12(4-2)15(11)21)8-19-14-7-13(9-20)16(22)18(24)17(14)23/h5-8,14,16-18,20-24H,3-4,9H2,1-2H3/t14-,16+,17-,18?/m0/s1. The number of nitrogens with zero attached hydrogens (tertiary/aromatic N) is 1. The molecule has 0 spiro atoms. The zero-order valence-electron chi connectivity index (χ0n) is 13.9. The van der Waals surface area contributed by atoms with Gasteiger partial charge in [0.15, 0.2) is 0 Å². The van der Waals surface area contributed by atoms with Gasteiger partial charge >= 0.3 is 0 Å². The summed E-state index contributed by atoms with van der Waals surface area (Å²) in [5, 5.41) is 49.0. The van der Waals surface area contributed by atoms with E-state index in [1.165, 1.54) is 6.08 Å². The summed E-state index contributed by atoms with van der Waals surface area (Å²) in [6.07, 6.45) is 0.486. The van der Waals surface area contributed by atoms with E-state index in [9.17, 15) is 25.5 Å². The first-order valence-electron chi connectivity index (χ1n) is 8.16. The van der Waals surface area contributed by atoms with Crippen LogP contribution in [0, 0.1) is 0 Å². The number of aliphatic imine (C=N–C) groups is 1. The third kappa shape index (κ3) is 3.67. The summed E-state index contributed by atoms with van der Waals surface area (Å²) in [4.78, 5) is 4.28. The zero-order chi connectivity index (χ0) is 17.9. The van der Waals surface area contributed by atoms with E-state index in [4.69, 9.17) is 0 Å². The van der Waals surface area contributed by atoms with Crippen LogP contribution < -0.4 is 0 Å². The quantitative estimate of drug-likeness (QED) is 0.393. The van der Waals surface area contributed by atoms with Gasteiger partial charge in [-0.1, -0.05) is 19.9 Å². The average Bonchev–Trinajstić information content (AvgIpc) is 2.60. The molecule has 1 aromatic carbocycles. The minimum absolute atomic E-state index is 0.240. The van der Waals surface area contributed by atoms with Crippen LogP contribution in [0.2, 0.25) is 0 Å². The summed E-state index contributed by atoms with van der Waals surface area (Å²) in [7, 11) is 0. The molecule has 6 nitrogen and oxygen atoms in total. The number of aromatic hydroxyl groups is 1. The molecule has 0 radical (unpaired) electrons. The number of hydrogen-bond acceptors (Lipinski definition) is 6. The summed E-state index contributed by atoms with van der Waals surface area (Å²) in [6, 6.07) is 2.90. The van der Waals surface area contributed by atoms with Crippen LogP contribution in [-0.4, -0.2) is 62.7 Å². The number of phenolic OH excluding ortho intramolecular Hbond substituents is 1. The van der Waals surface area contributed by atoms with E-state index in [0.717, 1.165) is 16.7 Å². The third-order valence-electron chi connectivity index (χ3n) is 4.42. The van der Waals surface area contributed by atoms with Crippen LogP contribution in [0.5, 0.6) is 5.75 Å². The maximum Gasteiger partial charge on any atom is 0.121 e. The van der Waals surface area contributed by atoms with Crippen molar-refractivity contribution in [3.8, 4) is 5.75 Å². The Balaban J connectivity index is 2.31. The second-order valence-electron chi connectivity index (χ2n) is 5.99. The van der Waals surface area contributed by atoms with Crippen LogP contribution >= 0.6 is 0 Å². The number of hydrogen-bond donors (Lipinski definition) is 5. The van der Waals surface area contributed by atoms with Crippen molar-refractivity contribution in [2.24, 2.45) is 4.99 Å². The minimum atomic E-state index is -1.39. The fourth-order valence-corrected chi connectivity index (χ4v) is 2.87. The van der Waals surface area contributed by atoms with Crippen molar-refractivity contribution in [1.82, 2.24) is 0 Å². The average molecular weight is 335 g/mol. The summed E-state index contributed by atoms with van der Waals surface area (Å²) in [6.45, 7) is 3.50. The van der Waals surface area contributed by atoms with Gasteiger partial charge in [-0.3, -0.25) is 4.99 Å². The predicted octanol–water partition coefficient (Wildman–Crippen LogP) is 0.319. The minimum Gasteiger partial charge on any atom is -0.507 e. The van der Waals surface area contributed by atoms with Gasteiger partial charge in [-0.25, -0.2) is 0 Å². The second kappa shape index (κ2) is 7.90. The Morgan fingerprint density at radius 3 is 2.12 bits per heavy atom. The first-order valence-corrected chi connectivity index (χ1v) is 8.16. The van der Waals surface area contributed by atoms with Gasteiger partial charge in [0.2, 0.25) is 0 Å². The zero-order valence-corrected chi connectivity index (χ0v) is 13.9. The van der Waals surface area contributed by atoms with E-state index in [1.807, 2.05) is 26.0 Å². The molecule has 0 saturated carbocycles. The van der Waals surface area contributed by atoms with E-state index in [2.05, 4.69) is 4.99 Å². The molecule has 0 fully saturated rings. The SMILES string of the molecule is CCc1cc(C=N[C@H]2C=C(CO)[C@@H](O)C(O)[C@H]2O)cc(CC)c1O. The topological polar surface area (TPSA) is 114 Å². The number of aliphatic hydroxyl groups excluding tert-OH is 4. The first-order chi connectivity index (χ1) is 11.4. The van der Waals surface area contributed by atoms with Crippen molar-refractivity contribution < 1.29 is 25.5 Å². The molecule has 1 aliphatic rings. The van der Waals surface area contributed by atoms with Crippen molar-refractivity contribution in [3.05, 3.63) is 40.5 Å². The Bertz CT molecular complexity index is 615. The van der Waals surface area contributed by atoms with Crippen molar-refractivity contribution in [1.29, 1.82) is 0 Å². The van der Waals surface area contributed by atoms with E-state index < -0.39 is 31.0 Å². The van der Waals surface area contributed by atoms with Crippen LogP contribution in [0.3, 0.4) is 0 Å². The molecule has 1 unspecified atom stereocenters. The Kier molecular flexibility index (Phi) is 6.12. The van der Waals surface area contributed by atoms with Crippen LogP contribution in [-0.2, 0) is 12.8 Å². The molecule has 2 rings (SSSR count). The van der Waals surface area contributed by atoms with Crippen LogP contribution in [0.15, 0.2) is 28.8 Å².